The normalized spacial score (nSPS) is 10.9. The molecule has 0 saturated heterocycles. The van der Waals surface area contributed by atoms with Crippen LogP contribution in [0, 0.1) is 13.8 Å². The number of halogens is 1. The van der Waals surface area contributed by atoms with E-state index in [1.807, 2.05) is 13.8 Å². The number of carbonyl (C=O) groups excluding carboxylic acids is 1. The summed E-state index contributed by atoms with van der Waals surface area (Å²) in [6, 6.07) is 6.23. The summed E-state index contributed by atoms with van der Waals surface area (Å²) in [5, 5.41) is 1.73. The molecule has 0 fully saturated rings. The standard InChI is InChI=1S/C16H12ClNO4S/c1-8-9(2)23-14(18-8)7-21-15(19)12-6-10-5-11(17)3-4-13(10)22-16(12)20/h3-6H,7H2,1-2H3. The van der Waals surface area contributed by atoms with E-state index in [0.29, 0.717) is 21.0 Å². The zero-order valence-electron chi connectivity index (χ0n) is 12.4. The second-order valence-corrected chi connectivity index (χ2v) is 6.68. The Hall–Kier alpha value is -2.18. The van der Waals surface area contributed by atoms with E-state index in [1.165, 1.54) is 17.4 Å². The number of thiazole rings is 1. The molecule has 5 nitrogen and oxygen atoms in total. The highest BCUT2D eigenvalue weighted by molar-refractivity contribution is 7.11. The highest BCUT2D eigenvalue weighted by Gasteiger charge is 2.16. The maximum atomic E-state index is 12.1. The number of fused-ring (bicyclic) bond motifs is 1. The van der Waals surface area contributed by atoms with Gasteiger partial charge in [-0.05, 0) is 38.1 Å². The molecule has 3 rings (SSSR count). The van der Waals surface area contributed by atoms with Gasteiger partial charge in [0.1, 0.15) is 22.8 Å². The second-order valence-electron chi connectivity index (χ2n) is 4.96. The average molecular weight is 350 g/mol. The van der Waals surface area contributed by atoms with E-state index in [1.54, 1.807) is 18.2 Å². The zero-order valence-corrected chi connectivity index (χ0v) is 14.0. The van der Waals surface area contributed by atoms with Gasteiger partial charge in [0.25, 0.3) is 0 Å². The highest BCUT2D eigenvalue weighted by atomic mass is 35.5. The van der Waals surface area contributed by atoms with Gasteiger partial charge in [-0.15, -0.1) is 11.3 Å². The largest absolute Gasteiger partial charge is 0.454 e. The molecule has 0 atom stereocenters. The summed E-state index contributed by atoms with van der Waals surface area (Å²) in [6.45, 7) is 3.85. The zero-order chi connectivity index (χ0) is 16.6. The first kappa shape index (κ1) is 15.7. The van der Waals surface area contributed by atoms with Crippen LogP contribution >= 0.6 is 22.9 Å². The van der Waals surface area contributed by atoms with Crippen molar-refractivity contribution >= 4 is 39.9 Å². The molecule has 0 aliphatic carbocycles. The maximum Gasteiger partial charge on any atom is 0.351 e. The minimum Gasteiger partial charge on any atom is -0.454 e. The fraction of sp³-hybridized carbons (Fsp3) is 0.188. The molecule has 0 aliphatic heterocycles. The molecule has 0 bridgehead atoms. The lowest BCUT2D eigenvalue weighted by Gasteiger charge is -2.03. The molecular weight excluding hydrogens is 338 g/mol. The molecule has 3 aromatic rings. The molecule has 7 heteroatoms. The quantitative estimate of drug-likeness (QED) is 0.530. The van der Waals surface area contributed by atoms with E-state index in [4.69, 9.17) is 20.8 Å². The van der Waals surface area contributed by atoms with Crippen molar-refractivity contribution in [1.82, 2.24) is 4.98 Å². The van der Waals surface area contributed by atoms with Crippen LogP contribution in [0.4, 0.5) is 0 Å². The third-order valence-corrected chi connectivity index (χ3v) is 4.60. The minimum atomic E-state index is -0.744. The molecule has 0 saturated carbocycles. The Bertz CT molecular complexity index is 941. The Morgan fingerprint density at radius 2 is 2.13 bits per heavy atom. The smallest absolute Gasteiger partial charge is 0.351 e. The molecule has 118 valence electrons. The number of aromatic nitrogens is 1. The summed E-state index contributed by atoms with van der Waals surface area (Å²) in [4.78, 5) is 29.4. The molecule has 0 N–H and O–H groups in total. The van der Waals surface area contributed by atoms with Gasteiger partial charge in [0.15, 0.2) is 0 Å². The number of rotatable bonds is 3. The topological polar surface area (TPSA) is 69.4 Å². The Labute approximate surface area is 140 Å². The molecule has 0 radical (unpaired) electrons. The van der Waals surface area contributed by atoms with Crippen molar-refractivity contribution in [2.75, 3.05) is 0 Å². The van der Waals surface area contributed by atoms with Gasteiger partial charge in [-0.2, -0.15) is 0 Å². The molecule has 2 heterocycles. The fourth-order valence-electron chi connectivity index (χ4n) is 2.04. The van der Waals surface area contributed by atoms with Crippen LogP contribution < -0.4 is 5.63 Å². The molecule has 2 aromatic heterocycles. The summed E-state index contributed by atoms with van der Waals surface area (Å²) in [6.07, 6.45) is 0. The number of nitrogens with zero attached hydrogens (tertiary/aromatic N) is 1. The van der Waals surface area contributed by atoms with E-state index in [0.717, 1.165) is 10.6 Å². The van der Waals surface area contributed by atoms with Crippen molar-refractivity contribution < 1.29 is 13.9 Å². The molecule has 0 amide bonds. The minimum absolute atomic E-state index is 0.0191. The van der Waals surface area contributed by atoms with Crippen molar-refractivity contribution in [2.45, 2.75) is 20.5 Å². The predicted molar refractivity (Wildman–Crippen MR) is 88.2 cm³/mol. The Morgan fingerprint density at radius 1 is 1.35 bits per heavy atom. The molecular formula is C16H12ClNO4S. The Balaban J connectivity index is 1.85. The van der Waals surface area contributed by atoms with Crippen LogP contribution in [0.2, 0.25) is 5.02 Å². The molecule has 0 unspecified atom stereocenters. The van der Waals surface area contributed by atoms with E-state index < -0.39 is 11.6 Å². The average Bonchev–Trinajstić information content (AvgIpc) is 2.83. The van der Waals surface area contributed by atoms with Crippen molar-refractivity contribution in [3.05, 3.63) is 60.9 Å². The third-order valence-electron chi connectivity index (χ3n) is 3.31. The second kappa shape index (κ2) is 6.14. The van der Waals surface area contributed by atoms with Crippen LogP contribution in [0.15, 0.2) is 33.5 Å². The Morgan fingerprint density at radius 3 is 2.83 bits per heavy atom. The van der Waals surface area contributed by atoms with Gasteiger partial charge in [-0.1, -0.05) is 11.6 Å². The molecule has 23 heavy (non-hydrogen) atoms. The summed E-state index contributed by atoms with van der Waals surface area (Å²) in [7, 11) is 0. The summed E-state index contributed by atoms with van der Waals surface area (Å²) < 4.78 is 10.3. The highest BCUT2D eigenvalue weighted by Crippen LogP contribution is 2.20. The monoisotopic (exact) mass is 349 g/mol. The van der Waals surface area contributed by atoms with Crippen LogP contribution in [0.1, 0.15) is 25.9 Å². The number of benzene rings is 1. The number of hydrogen-bond donors (Lipinski definition) is 0. The van der Waals surface area contributed by atoms with E-state index in [2.05, 4.69) is 4.98 Å². The summed E-state index contributed by atoms with van der Waals surface area (Å²) in [5.41, 5.74) is 0.365. The van der Waals surface area contributed by atoms with Crippen LogP contribution in [0.5, 0.6) is 0 Å². The van der Waals surface area contributed by atoms with Crippen molar-refractivity contribution in [3.8, 4) is 0 Å². The lowest BCUT2D eigenvalue weighted by molar-refractivity contribution is 0.0467. The maximum absolute atomic E-state index is 12.1. The SMILES string of the molecule is Cc1nc(COC(=O)c2cc3cc(Cl)ccc3oc2=O)sc1C. The van der Waals surface area contributed by atoms with Gasteiger partial charge in [-0.3, -0.25) is 0 Å². The van der Waals surface area contributed by atoms with Crippen molar-refractivity contribution in [3.63, 3.8) is 0 Å². The van der Waals surface area contributed by atoms with Gasteiger partial charge in [0.05, 0.1) is 5.69 Å². The lowest BCUT2D eigenvalue weighted by atomic mass is 10.2. The number of ether oxygens (including phenoxy) is 1. The van der Waals surface area contributed by atoms with Crippen molar-refractivity contribution in [1.29, 1.82) is 0 Å². The third kappa shape index (κ3) is 3.28. The number of esters is 1. The van der Waals surface area contributed by atoms with E-state index >= 15 is 0 Å². The fourth-order valence-corrected chi connectivity index (χ4v) is 3.07. The molecule has 1 aromatic carbocycles. The van der Waals surface area contributed by atoms with E-state index in [-0.39, 0.29) is 12.2 Å². The predicted octanol–water partition coefficient (Wildman–Crippen LogP) is 3.88. The van der Waals surface area contributed by atoms with Crippen LogP contribution in [-0.2, 0) is 11.3 Å². The van der Waals surface area contributed by atoms with Crippen LogP contribution in [0.3, 0.4) is 0 Å². The van der Waals surface area contributed by atoms with Gasteiger partial charge in [-0.25, -0.2) is 14.6 Å². The Kier molecular flexibility index (Phi) is 4.19. The lowest BCUT2D eigenvalue weighted by Crippen LogP contribution is -2.16. The number of hydrogen-bond acceptors (Lipinski definition) is 6. The number of carbonyl (C=O) groups is 1. The molecule has 0 aliphatic rings. The first-order valence-electron chi connectivity index (χ1n) is 6.77. The van der Waals surface area contributed by atoms with Gasteiger partial charge in [0, 0.05) is 15.3 Å². The van der Waals surface area contributed by atoms with Crippen LogP contribution in [-0.4, -0.2) is 11.0 Å². The molecule has 0 spiro atoms. The van der Waals surface area contributed by atoms with Gasteiger partial charge in [0.2, 0.25) is 0 Å². The first-order valence-corrected chi connectivity index (χ1v) is 7.97. The van der Waals surface area contributed by atoms with Crippen LogP contribution in [0.25, 0.3) is 11.0 Å². The first-order chi connectivity index (χ1) is 10.9. The summed E-state index contributed by atoms with van der Waals surface area (Å²) >= 11 is 7.36. The summed E-state index contributed by atoms with van der Waals surface area (Å²) in [5.74, 6) is -0.744. The number of aryl methyl sites for hydroxylation is 2. The van der Waals surface area contributed by atoms with Gasteiger partial charge >= 0.3 is 11.6 Å². The van der Waals surface area contributed by atoms with Gasteiger partial charge < -0.3 is 9.15 Å². The van der Waals surface area contributed by atoms with Crippen molar-refractivity contribution in [2.24, 2.45) is 0 Å². The van der Waals surface area contributed by atoms with E-state index in [9.17, 15) is 9.59 Å².